The molecule has 0 aliphatic heterocycles. The highest BCUT2D eigenvalue weighted by molar-refractivity contribution is 7.22. The molecule has 0 unspecified atom stereocenters. The number of fused-ring (bicyclic) bond motifs is 1. The first-order chi connectivity index (χ1) is 8.19. The van der Waals surface area contributed by atoms with E-state index in [-0.39, 0.29) is 11.7 Å². The number of carbonyl (C=O) groups excluding carboxylic acids is 1. The Labute approximate surface area is 107 Å². The maximum Gasteiger partial charge on any atom is 0.226 e. The van der Waals surface area contributed by atoms with Gasteiger partial charge in [0.25, 0.3) is 0 Å². The van der Waals surface area contributed by atoms with Crippen molar-refractivity contribution in [3.63, 3.8) is 0 Å². The second-order valence-corrected chi connectivity index (χ2v) is 4.88. The molecule has 90 valence electrons. The van der Waals surface area contributed by atoms with E-state index in [9.17, 15) is 9.18 Å². The second kappa shape index (κ2) is 5.42. The molecule has 0 fully saturated rings. The summed E-state index contributed by atoms with van der Waals surface area (Å²) in [5.41, 5.74) is 0.684. The van der Waals surface area contributed by atoms with Gasteiger partial charge < -0.3 is 5.32 Å². The molecule has 0 bridgehead atoms. The highest BCUT2D eigenvalue weighted by Gasteiger charge is 2.07. The summed E-state index contributed by atoms with van der Waals surface area (Å²) < 4.78 is 13.7. The van der Waals surface area contributed by atoms with Crippen LogP contribution in [0.4, 0.5) is 9.52 Å². The molecule has 0 aliphatic rings. The van der Waals surface area contributed by atoms with Crippen LogP contribution < -0.4 is 5.32 Å². The molecule has 3 nitrogen and oxygen atoms in total. The molecule has 0 saturated heterocycles. The predicted molar refractivity (Wildman–Crippen MR) is 68.2 cm³/mol. The maximum atomic E-state index is 13.0. The van der Waals surface area contributed by atoms with Crippen LogP contribution in [0.1, 0.15) is 12.8 Å². The van der Waals surface area contributed by atoms with Crippen molar-refractivity contribution in [3.8, 4) is 0 Å². The number of amides is 1. The van der Waals surface area contributed by atoms with E-state index in [2.05, 4.69) is 10.3 Å². The minimum absolute atomic E-state index is 0.120. The smallest absolute Gasteiger partial charge is 0.226 e. The van der Waals surface area contributed by atoms with E-state index in [0.29, 0.717) is 29.4 Å². The zero-order valence-electron chi connectivity index (χ0n) is 8.87. The van der Waals surface area contributed by atoms with Crippen LogP contribution in [-0.2, 0) is 4.79 Å². The lowest BCUT2D eigenvalue weighted by Crippen LogP contribution is -2.10. The van der Waals surface area contributed by atoms with E-state index in [4.69, 9.17) is 11.6 Å². The fraction of sp³-hybridized carbons (Fsp3) is 0.273. The predicted octanol–water partition coefficient (Wildman–Crippen LogP) is 3.39. The number of hydrogen-bond acceptors (Lipinski definition) is 3. The molecule has 2 aromatic rings. The highest BCUT2D eigenvalue weighted by atomic mass is 35.5. The molecular weight excluding hydrogens is 263 g/mol. The number of aromatic nitrogens is 1. The Morgan fingerprint density at radius 3 is 3.12 bits per heavy atom. The lowest BCUT2D eigenvalue weighted by Gasteiger charge is -1.98. The fourth-order valence-corrected chi connectivity index (χ4v) is 2.40. The van der Waals surface area contributed by atoms with Gasteiger partial charge >= 0.3 is 0 Å². The second-order valence-electron chi connectivity index (χ2n) is 3.47. The molecule has 0 radical (unpaired) electrons. The molecule has 0 spiro atoms. The molecular formula is C11H10ClFN2OS. The molecule has 1 aromatic carbocycles. The van der Waals surface area contributed by atoms with Gasteiger partial charge in [0.2, 0.25) is 5.91 Å². The molecule has 0 atom stereocenters. The topological polar surface area (TPSA) is 42.0 Å². The quantitative estimate of drug-likeness (QED) is 0.867. The van der Waals surface area contributed by atoms with Crippen molar-refractivity contribution in [3.05, 3.63) is 24.0 Å². The van der Waals surface area contributed by atoms with Gasteiger partial charge in [0.1, 0.15) is 5.82 Å². The van der Waals surface area contributed by atoms with Gasteiger partial charge in [0, 0.05) is 12.3 Å². The number of benzene rings is 1. The summed E-state index contributed by atoms with van der Waals surface area (Å²) in [4.78, 5) is 15.6. The van der Waals surface area contributed by atoms with Crippen molar-refractivity contribution in [1.29, 1.82) is 0 Å². The highest BCUT2D eigenvalue weighted by Crippen LogP contribution is 2.26. The summed E-state index contributed by atoms with van der Waals surface area (Å²) in [7, 11) is 0. The van der Waals surface area contributed by atoms with Gasteiger partial charge in [-0.05, 0) is 24.6 Å². The number of carbonyl (C=O) groups is 1. The lowest BCUT2D eigenvalue weighted by atomic mass is 10.3. The van der Waals surface area contributed by atoms with Crippen LogP contribution in [-0.4, -0.2) is 16.8 Å². The fourth-order valence-electron chi connectivity index (χ4n) is 1.36. The van der Waals surface area contributed by atoms with Crippen LogP contribution in [0.5, 0.6) is 0 Å². The average molecular weight is 273 g/mol. The van der Waals surface area contributed by atoms with Crippen LogP contribution in [0, 0.1) is 5.82 Å². The zero-order valence-corrected chi connectivity index (χ0v) is 10.4. The average Bonchev–Trinajstić information content (AvgIpc) is 2.67. The first-order valence-electron chi connectivity index (χ1n) is 5.11. The summed E-state index contributed by atoms with van der Waals surface area (Å²) in [6, 6.07) is 4.35. The van der Waals surface area contributed by atoms with Crippen LogP contribution in [0.2, 0.25) is 0 Å². The largest absolute Gasteiger partial charge is 0.302 e. The first kappa shape index (κ1) is 12.3. The molecule has 17 heavy (non-hydrogen) atoms. The number of halogens is 2. The monoisotopic (exact) mass is 272 g/mol. The van der Waals surface area contributed by atoms with Crippen molar-refractivity contribution >= 4 is 44.2 Å². The van der Waals surface area contributed by atoms with E-state index >= 15 is 0 Å². The van der Waals surface area contributed by atoms with Gasteiger partial charge in [0.15, 0.2) is 5.13 Å². The normalized spacial score (nSPS) is 10.7. The number of rotatable bonds is 4. The van der Waals surface area contributed by atoms with Gasteiger partial charge in [-0.15, -0.1) is 11.6 Å². The molecule has 1 N–H and O–H groups in total. The summed E-state index contributed by atoms with van der Waals surface area (Å²) in [6.07, 6.45) is 1.00. The maximum absolute atomic E-state index is 13.0. The lowest BCUT2D eigenvalue weighted by molar-refractivity contribution is -0.116. The van der Waals surface area contributed by atoms with Gasteiger partial charge in [-0.1, -0.05) is 11.3 Å². The van der Waals surface area contributed by atoms with E-state index in [1.54, 1.807) is 6.07 Å². The minimum Gasteiger partial charge on any atom is -0.302 e. The molecule has 0 saturated carbocycles. The van der Waals surface area contributed by atoms with E-state index < -0.39 is 0 Å². The summed E-state index contributed by atoms with van der Waals surface area (Å²) in [5.74, 6) is 0.0321. The van der Waals surface area contributed by atoms with Crippen molar-refractivity contribution in [2.75, 3.05) is 11.2 Å². The third-order valence-electron chi connectivity index (χ3n) is 2.13. The van der Waals surface area contributed by atoms with E-state index in [1.807, 2.05) is 0 Å². The number of nitrogens with zero attached hydrogens (tertiary/aromatic N) is 1. The SMILES string of the molecule is O=C(CCCCl)Nc1nc2ccc(F)cc2s1. The number of nitrogens with one attached hydrogen (secondary N) is 1. The first-order valence-corrected chi connectivity index (χ1v) is 6.46. The summed E-state index contributed by atoms with van der Waals surface area (Å²) >= 11 is 6.75. The van der Waals surface area contributed by atoms with Crippen LogP contribution in [0.25, 0.3) is 10.2 Å². The van der Waals surface area contributed by atoms with Gasteiger partial charge in [-0.25, -0.2) is 9.37 Å². The van der Waals surface area contributed by atoms with E-state index in [0.717, 1.165) is 4.70 Å². The van der Waals surface area contributed by atoms with Crippen LogP contribution >= 0.6 is 22.9 Å². The number of thiazole rings is 1. The van der Waals surface area contributed by atoms with Crippen LogP contribution in [0.3, 0.4) is 0 Å². The number of alkyl halides is 1. The molecule has 0 aliphatic carbocycles. The Kier molecular flexibility index (Phi) is 3.91. The van der Waals surface area contributed by atoms with Crippen molar-refractivity contribution in [2.45, 2.75) is 12.8 Å². The van der Waals surface area contributed by atoms with E-state index in [1.165, 1.54) is 23.5 Å². The van der Waals surface area contributed by atoms with Crippen molar-refractivity contribution in [2.24, 2.45) is 0 Å². The van der Waals surface area contributed by atoms with Crippen LogP contribution in [0.15, 0.2) is 18.2 Å². The Balaban J connectivity index is 2.11. The standard InChI is InChI=1S/C11H10ClFN2OS/c12-5-1-2-10(16)15-11-14-8-4-3-7(13)6-9(8)17-11/h3-4,6H,1-2,5H2,(H,14,15,16). The minimum atomic E-state index is -0.304. The molecule has 1 heterocycles. The Bertz CT molecular complexity index is 543. The number of anilines is 1. The van der Waals surface area contributed by atoms with Gasteiger partial charge in [0.05, 0.1) is 10.2 Å². The summed E-state index contributed by atoms with van der Waals surface area (Å²) in [6.45, 7) is 0. The van der Waals surface area contributed by atoms with Crippen molar-refractivity contribution < 1.29 is 9.18 Å². The Morgan fingerprint density at radius 2 is 2.35 bits per heavy atom. The Hall–Kier alpha value is -1.20. The number of hydrogen-bond donors (Lipinski definition) is 1. The summed E-state index contributed by atoms with van der Waals surface area (Å²) in [5, 5.41) is 3.16. The third-order valence-corrected chi connectivity index (χ3v) is 3.34. The molecule has 1 amide bonds. The Morgan fingerprint density at radius 1 is 1.53 bits per heavy atom. The van der Waals surface area contributed by atoms with Crippen molar-refractivity contribution in [1.82, 2.24) is 4.98 Å². The van der Waals surface area contributed by atoms with Gasteiger partial charge in [-0.3, -0.25) is 4.79 Å². The third kappa shape index (κ3) is 3.14. The van der Waals surface area contributed by atoms with Gasteiger partial charge in [-0.2, -0.15) is 0 Å². The molecule has 2 rings (SSSR count). The zero-order chi connectivity index (χ0) is 12.3. The molecule has 6 heteroatoms. The molecule has 1 aromatic heterocycles.